The number of hydrogen-bond donors (Lipinski definition) is 1. The van der Waals surface area contributed by atoms with Crippen LogP contribution in [0.4, 0.5) is 0 Å². The summed E-state index contributed by atoms with van der Waals surface area (Å²) in [4.78, 5) is 0. The molecule has 0 atom stereocenters. The molecule has 3 heteroatoms. The number of methoxy groups -OCH3 is 2. The summed E-state index contributed by atoms with van der Waals surface area (Å²) >= 11 is 0. The molecule has 3 nitrogen and oxygen atoms in total. The van der Waals surface area contributed by atoms with Crippen LogP contribution in [0.3, 0.4) is 0 Å². The van der Waals surface area contributed by atoms with E-state index in [1.165, 1.54) is 0 Å². The number of benzene rings is 1. The molecule has 0 aromatic heterocycles. The molecule has 1 aromatic carbocycles. The SMILES string of the molecule is COC(OC)c1cccc(C2(O)CC2)c1. The van der Waals surface area contributed by atoms with E-state index in [1.807, 2.05) is 24.3 Å². The van der Waals surface area contributed by atoms with Crippen molar-refractivity contribution in [2.75, 3.05) is 14.2 Å². The van der Waals surface area contributed by atoms with Gasteiger partial charge in [0.15, 0.2) is 6.29 Å². The van der Waals surface area contributed by atoms with Gasteiger partial charge in [0.2, 0.25) is 0 Å². The van der Waals surface area contributed by atoms with Crippen LogP contribution in [0.2, 0.25) is 0 Å². The van der Waals surface area contributed by atoms with Crippen molar-refractivity contribution in [2.24, 2.45) is 0 Å². The van der Waals surface area contributed by atoms with Crippen molar-refractivity contribution < 1.29 is 14.6 Å². The highest BCUT2D eigenvalue weighted by molar-refractivity contribution is 5.32. The van der Waals surface area contributed by atoms with Crippen LogP contribution in [-0.4, -0.2) is 19.3 Å². The minimum absolute atomic E-state index is 0.354. The van der Waals surface area contributed by atoms with E-state index in [1.54, 1.807) is 14.2 Å². The van der Waals surface area contributed by atoms with Crippen molar-refractivity contribution in [2.45, 2.75) is 24.7 Å². The minimum Gasteiger partial charge on any atom is -0.385 e. The number of ether oxygens (including phenoxy) is 2. The van der Waals surface area contributed by atoms with Gasteiger partial charge >= 0.3 is 0 Å². The van der Waals surface area contributed by atoms with Crippen LogP contribution >= 0.6 is 0 Å². The predicted octanol–water partition coefficient (Wildman–Crippen LogP) is 1.96. The molecule has 0 bridgehead atoms. The minimum atomic E-state index is -0.595. The Morgan fingerprint density at radius 2 is 1.93 bits per heavy atom. The Hall–Kier alpha value is -0.900. The van der Waals surface area contributed by atoms with Gasteiger partial charge < -0.3 is 14.6 Å². The summed E-state index contributed by atoms with van der Waals surface area (Å²) in [5, 5.41) is 9.97. The molecule has 2 rings (SSSR count). The van der Waals surface area contributed by atoms with Gasteiger partial charge in [0.05, 0.1) is 5.60 Å². The van der Waals surface area contributed by atoms with Crippen LogP contribution in [-0.2, 0) is 15.1 Å². The largest absolute Gasteiger partial charge is 0.385 e. The van der Waals surface area contributed by atoms with Gasteiger partial charge in [0.1, 0.15) is 0 Å². The third-order valence-electron chi connectivity index (χ3n) is 2.85. The molecule has 1 aliphatic carbocycles. The van der Waals surface area contributed by atoms with Crippen LogP contribution < -0.4 is 0 Å². The third kappa shape index (κ3) is 2.04. The smallest absolute Gasteiger partial charge is 0.183 e. The zero-order valence-corrected chi connectivity index (χ0v) is 9.06. The molecule has 0 heterocycles. The molecule has 1 aliphatic rings. The first-order valence-corrected chi connectivity index (χ1v) is 5.08. The summed E-state index contributed by atoms with van der Waals surface area (Å²) in [5.74, 6) is 0. The Labute approximate surface area is 89.6 Å². The van der Waals surface area contributed by atoms with E-state index in [9.17, 15) is 5.11 Å². The molecule has 1 N–H and O–H groups in total. The second kappa shape index (κ2) is 3.93. The first kappa shape index (κ1) is 10.6. The highest BCUT2D eigenvalue weighted by Gasteiger charge is 2.42. The fourth-order valence-corrected chi connectivity index (χ4v) is 1.75. The normalized spacial score (nSPS) is 18.1. The molecular formula is C12H16O3. The molecule has 82 valence electrons. The second-order valence-corrected chi connectivity index (χ2v) is 3.96. The highest BCUT2D eigenvalue weighted by atomic mass is 16.7. The standard InChI is InChI=1S/C12H16O3/c1-14-11(15-2)9-4-3-5-10(8-9)12(13)6-7-12/h3-5,8,11,13H,6-7H2,1-2H3. The molecular weight excluding hydrogens is 192 g/mol. The summed E-state index contributed by atoms with van der Waals surface area (Å²) in [6, 6.07) is 7.75. The van der Waals surface area contributed by atoms with Gasteiger partial charge in [-0.05, 0) is 24.5 Å². The van der Waals surface area contributed by atoms with Crippen LogP contribution in [0.5, 0.6) is 0 Å². The van der Waals surface area contributed by atoms with Crippen molar-refractivity contribution in [3.05, 3.63) is 35.4 Å². The first-order valence-electron chi connectivity index (χ1n) is 5.08. The lowest BCUT2D eigenvalue weighted by atomic mass is 10.0. The van der Waals surface area contributed by atoms with Gasteiger partial charge in [-0.15, -0.1) is 0 Å². The molecule has 0 saturated heterocycles. The zero-order chi connectivity index (χ0) is 10.9. The Balaban J connectivity index is 2.26. The van der Waals surface area contributed by atoms with Gasteiger partial charge in [0.25, 0.3) is 0 Å². The van der Waals surface area contributed by atoms with E-state index >= 15 is 0 Å². The summed E-state index contributed by atoms with van der Waals surface area (Å²) in [6.07, 6.45) is 1.34. The van der Waals surface area contributed by atoms with E-state index in [4.69, 9.17) is 9.47 Å². The first-order chi connectivity index (χ1) is 7.19. The highest BCUT2D eigenvalue weighted by Crippen LogP contribution is 2.45. The monoisotopic (exact) mass is 208 g/mol. The maximum absolute atomic E-state index is 9.97. The zero-order valence-electron chi connectivity index (χ0n) is 9.06. The Morgan fingerprint density at radius 3 is 2.47 bits per heavy atom. The number of rotatable bonds is 4. The van der Waals surface area contributed by atoms with Gasteiger partial charge in [-0.1, -0.05) is 18.2 Å². The molecule has 1 fully saturated rings. The Kier molecular flexibility index (Phi) is 2.78. The molecule has 0 aliphatic heterocycles. The van der Waals surface area contributed by atoms with E-state index in [2.05, 4.69) is 0 Å². The summed E-state index contributed by atoms with van der Waals surface area (Å²) in [5.41, 5.74) is 1.30. The molecule has 0 radical (unpaired) electrons. The number of aliphatic hydroxyl groups is 1. The van der Waals surface area contributed by atoms with Crippen molar-refractivity contribution >= 4 is 0 Å². The fourth-order valence-electron chi connectivity index (χ4n) is 1.75. The lowest BCUT2D eigenvalue weighted by molar-refractivity contribution is -0.106. The van der Waals surface area contributed by atoms with Crippen molar-refractivity contribution in [1.29, 1.82) is 0 Å². The lowest BCUT2D eigenvalue weighted by Crippen LogP contribution is -2.08. The van der Waals surface area contributed by atoms with Gasteiger partial charge in [-0.25, -0.2) is 0 Å². The maximum atomic E-state index is 9.97. The van der Waals surface area contributed by atoms with Crippen molar-refractivity contribution in [3.8, 4) is 0 Å². The Bertz CT molecular complexity index is 340. The van der Waals surface area contributed by atoms with E-state index < -0.39 is 5.60 Å². The summed E-state index contributed by atoms with van der Waals surface area (Å²) in [7, 11) is 3.21. The molecule has 0 spiro atoms. The topological polar surface area (TPSA) is 38.7 Å². The molecule has 15 heavy (non-hydrogen) atoms. The van der Waals surface area contributed by atoms with Crippen LogP contribution in [0, 0.1) is 0 Å². The summed E-state index contributed by atoms with van der Waals surface area (Å²) in [6.45, 7) is 0. The van der Waals surface area contributed by atoms with Crippen LogP contribution in [0.15, 0.2) is 24.3 Å². The van der Waals surface area contributed by atoms with Gasteiger partial charge in [-0.3, -0.25) is 0 Å². The van der Waals surface area contributed by atoms with Gasteiger partial charge in [0, 0.05) is 19.8 Å². The third-order valence-corrected chi connectivity index (χ3v) is 2.85. The van der Waals surface area contributed by atoms with Crippen molar-refractivity contribution in [3.63, 3.8) is 0 Å². The molecule has 0 amide bonds. The van der Waals surface area contributed by atoms with Crippen LogP contribution in [0.25, 0.3) is 0 Å². The van der Waals surface area contributed by atoms with Crippen LogP contribution in [0.1, 0.15) is 30.3 Å². The predicted molar refractivity (Wildman–Crippen MR) is 56.3 cm³/mol. The fraction of sp³-hybridized carbons (Fsp3) is 0.500. The lowest BCUT2D eigenvalue weighted by Gasteiger charge is -2.16. The molecule has 1 saturated carbocycles. The van der Waals surface area contributed by atoms with E-state index in [0.717, 1.165) is 24.0 Å². The second-order valence-electron chi connectivity index (χ2n) is 3.96. The van der Waals surface area contributed by atoms with Crippen molar-refractivity contribution in [1.82, 2.24) is 0 Å². The summed E-state index contributed by atoms with van der Waals surface area (Å²) < 4.78 is 10.3. The average molecular weight is 208 g/mol. The maximum Gasteiger partial charge on any atom is 0.183 e. The van der Waals surface area contributed by atoms with E-state index in [0.29, 0.717) is 0 Å². The van der Waals surface area contributed by atoms with Gasteiger partial charge in [-0.2, -0.15) is 0 Å². The molecule has 0 unspecified atom stereocenters. The quantitative estimate of drug-likeness (QED) is 0.769. The number of hydrogen-bond acceptors (Lipinski definition) is 3. The molecule has 1 aromatic rings. The Morgan fingerprint density at radius 1 is 1.27 bits per heavy atom. The van der Waals surface area contributed by atoms with E-state index in [-0.39, 0.29) is 6.29 Å². The average Bonchev–Trinajstić information content (AvgIpc) is 3.00.